The van der Waals surface area contributed by atoms with Crippen molar-refractivity contribution in [3.05, 3.63) is 34.1 Å². The first-order chi connectivity index (χ1) is 9.49. The Morgan fingerprint density at radius 3 is 2.70 bits per heavy atom. The van der Waals surface area contributed by atoms with Gasteiger partial charge in [-0.1, -0.05) is 22.9 Å². The SMILES string of the molecule is CCC(C)(C(N)c1cc(Br)ccc1F)N1CCOCC1. The summed E-state index contributed by atoms with van der Waals surface area (Å²) in [4.78, 5) is 2.32. The van der Waals surface area contributed by atoms with Crippen LogP contribution in [0.5, 0.6) is 0 Å². The first-order valence-corrected chi connectivity index (χ1v) is 7.81. The van der Waals surface area contributed by atoms with E-state index in [1.54, 1.807) is 12.1 Å². The van der Waals surface area contributed by atoms with Gasteiger partial charge in [-0.2, -0.15) is 0 Å². The minimum absolute atomic E-state index is 0.242. The molecule has 0 aromatic heterocycles. The van der Waals surface area contributed by atoms with Crippen LogP contribution in [0.1, 0.15) is 31.9 Å². The minimum Gasteiger partial charge on any atom is -0.379 e. The fourth-order valence-electron chi connectivity index (χ4n) is 2.80. The monoisotopic (exact) mass is 344 g/mol. The lowest BCUT2D eigenvalue weighted by molar-refractivity contribution is -0.0281. The second-order valence-electron chi connectivity index (χ2n) is 5.45. The van der Waals surface area contributed by atoms with Gasteiger partial charge in [-0.25, -0.2) is 4.39 Å². The normalized spacial score (nSPS) is 21.4. The number of rotatable bonds is 4. The number of hydrogen-bond donors (Lipinski definition) is 1. The Balaban J connectivity index is 2.31. The van der Waals surface area contributed by atoms with E-state index in [2.05, 4.69) is 34.7 Å². The summed E-state index contributed by atoms with van der Waals surface area (Å²) in [5, 5.41) is 0. The van der Waals surface area contributed by atoms with Crippen molar-refractivity contribution in [2.45, 2.75) is 31.8 Å². The van der Waals surface area contributed by atoms with E-state index in [1.807, 2.05) is 0 Å². The summed E-state index contributed by atoms with van der Waals surface area (Å²) in [6.45, 7) is 7.32. The maximum absolute atomic E-state index is 14.1. The van der Waals surface area contributed by atoms with Crippen LogP contribution in [0.2, 0.25) is 0 Å². The number of halogens is 2. The molecule has 2 N–H and O–H groups in total. The lowest BCUT2D eigenvalue weighted by Gasteiger charge is -2.46. The summed E-state index contributed by atoms with van der Waals surface area (Å²) in [7, 11) is 0. The molecular weight excluding hydrogens is 323 g/mol. The van der Waals surface area contributed by atoms with Crippen LogP contribution >= 0.6 is 15.9 Å². The minimum atomic E-state index is -0.372. The number of nitrogens with two attached hydrogens (primary N) is 1. The zero-order valence-electron chi connectivity index (χ0n) is 12.0. The van der Waals surface area contributed by atoms with Gasteiger partial charge >= 0.3 is 0 Å². The van der Waals surface area contributed by atoms with Crippen molar-refractivity contribution in [1.82, 2.24) is 4.90 Å². The van der Waals surface area contributed by atoms with Crippen LogP contribution in [0, 0.1) is 5.82 Å². The predicted octanol–water partition coefficient (Wildman–Crippen LogP) is 3.09. The molecule has 1 saturated heterocycles. The topological polar surface area (TPSA) is 38.5 Å². The van der Waals surface area contributed by atoms with Crippen LogP contribution < -0.4 is 5.73 Å². The Morgan fingerprint density at radius 1 is 1.45 bits per heavy atom. The van der Waals surface area contributed by atoms with Crippen molar-refractivity contribution in [3.8, 4) is 0 Å². The molecule has 0 amide bonds. The van der Waals surface area contributed by atoms with E-state index in [0.29, 0.717) is 18.8 Å². The lowest BCUT2D eigenvalue weighted by Crippen LogP contribution is -2.56. The van der Waals surface area contributed by atoms with Crippen LogP contribution in [0.3, 0.4) is 0 Å². The van der Waals surface area contributed by atoms with Gasteiger partial charge in [-0.15, -0.1) is 0 Å². The standard InChI is InChI=1S/C15H22BrFN2O/c1-3-15(2,19-6-8-20-9-7-19)14(18)12-10-11(16)4-5-13(12)17/h4-5,10,14H,3,6-9,18H2,1-2H3. The predicted molar refractivity (Wildman–Crippen MR) is 82.1 cm³/mol. The van der Waals surface area contributed by atoms with Gasteiger partial charge < -0.3 is 10.5 Å². The molecule has 2 rings (SSSR count). The summed E-state index contributed by atoms with van der Waals surface area (Å²) in [5.41, 5.74) is 6.73. The highest BCUT2D eigenvalue weighted by Crippen LogP contribution is 2.35. The molecule has 1 aromatic carbocycles. The van der Waals surface area contributed by atoms with E-state index in [9.17, 15) is 4.39 Å². The van der Waals surface area contributed by atoms with Gasteiger partial charge in [0, 0.05) is 28.7 Å². The maximum atomic E-state index is 14.1. The van der Waals surface area contributed by atoms with Gasteiger partial charge in [0.1, 0.15) is 5.82 Å². The fourth-order valence-corrected chi connectivity index (χ4v) is 3.18. The summed E-state index contributed by atoms with van der Waals surface area (Å²) >= 11 is 3.39. The van der Waals surface area contributed by atoms with Crippen molar-refractivity contribution >= 4 is 15.9 Å². The highest BCUT2D eigenvalue weighted by Gasteiger charge is 2.38. The summed E-state index contributed by atoms with van der Waals surface area (Å²) in [5.74, 6) is -0.242. The zero-order valence-corrected chi connectivity index (χ0v) is 13.6. The molecule has 0 spiro atoms. The average Bonchev–Trinajstić information content (AvgIpc) is 2.49. The van der Waals surface area contributed by atoms with E-state index >= 15 is 0 Å². The molecule has 0 radical (unpaired) electrons. The highest BCUT2D eigenvalue weighted by molar-refractivity contribution is 9.10. The Labute approximate surface area is 128 Å². The molecule has 1 aliphatic rings. The largest absolute Gasteiger partial charge is 0.379 e. The first kappa shape index (κ1) is 15.9. The molecule has 1 aromatic rings. The number of ether oxygens (including phenoxy) is 1. The molecule has 0 saturated carbocycles. The molecule has 0 bridgehead atoms. The van der Waals surface area contributed by atoms with E-state index in [4.69, 9.17) is 10.5 Å². The van der Waals surface area contributed by atoms with Crippen molar-refractivity contribution in [2.24, 2.45) is 5.73 Å². The van der Waals surface area contributed by atoms with E-state index in [1.165, 1.54) is 6.07 Å². The molecule has 5 heteroatoms. The van der Waals surface area contributed by atoms with Gasteiger partial charge in [-0.05, 0) is 31.5 Å². The quantitative estimate of drug-likeness (QED) is 0.911. The van der Waals surface area contributed by atoms with Crippen LogP contribution in [0.25, 0.3) is 0 Å². The number of hydrogen-bond acceptors (Lipinski definition) is 3. The smallest absolute Gasteiger partial charge is 0.128 e. The Kier molecular flexibility index (Phi) is 5.18. The molecule has 2 atom stereocenters. The third-order valence-corrected chi connectivity index (χ3v) is 4.91. The van der Waals surface area contributed by atoms with Gasteiger partial charge in [0.05, 0.1) is 19.3 Å². The van der Waals surface area contributed by atoms with Crippen LogP contribution in [0.15, 0.2) is 22.7 Å². The van der Waals surface area contributed by atoms with Crippen LogP contribution in [0.4, 0.5) is 4.39 Å². The molecule has 1 heterocycles. The molecule has 1 fully saturated rings. The summed E-state index contributed by atoms with van der Waals surface area (Å²) in [6.07, 6.45) is 0.861. The van der Waals surface area contributed by atoms with E-state index < -0.39 is 0 Å². The molecule has 1 aliphatic heterocycles. The highest BCUT2D eigenvalue weighted by atomic mass is 79.9. The molecule has 3 nitrogen and oxygen atoms in total. The number of nitrogens with zero attached hydrogens (tertiary/aromatic N) is 1. The van der Waals surface area contributed by atoms with E-state index in [0.717, 1.165) is 24.0 Å². The molecule has 20 heavy (non-hydrogen) atoms. The Hall–Kier alpha value is -0.490. The van der Waals surface area contributed by atoms with Gasteiger partial charge in [-0.3, -0.25) is 4.90 Å². The molecule has 0 aliphatic carbocycles. The molecule has 2 unspecified atom stereocenters. The second kappa shape index (κ2) is 6.52. The maximum Gasteiger partial charge on any atom is 0.128 e. The van der Waals surface area contributed by atoms with Gasteiger partial charge in [0.15, 0.2) is 0 Å². The fraction of sp³-hybridized carbons (Fsp3) is 0.600. The van der Waals surface area contributed by atoms with Crippen LogP contribution in [-0.4, -0.2) is 36.7 Å². The zero-order chi connectivity index (χ0) is 14.8. The third kappa shape index (κ3) is 3.06. The molecule has 112 valence electrons. The van der Waals surface area contributed by atoms with Gasteiger partial charge in [0.2, 0.25) is 0 Å². The number of morpholine rings is 1. The first-order valence-electron chi connectivity index (χ1n) is 7.02. The van der Waals surface area contributed by atoms with Gasteiger partial charge in [0.25, 0.3) is 0 Å². The Morgan fingerprint density at radius 2 is 2.10 bits per heavy atom. The van der Waals surface area contributed by atoms with E-state index in [-0.39, 0.29) is 17.4 Å². The summed E-state index contributed by atoms with van der Waals surface area (Å²) in [6, 6.07) is 4.58. The summed E-state index contributed by atoms with van der Waals surface area (Å²) < 4.78 is 20.4. The van der Waals surface area contributed by atoms with Crippen LogP contribution in [-0.2, 0) is 4.74 Å². The van der Waals surface area contributed by atoms with Crippen molar-refractivity contribution in [3.63, 3.8) is 0 Å². The van der Waals surface area contributed by atoms with Crippen molar-refractivity contribution in [1.29, 1.82) is 0 Å². The van der Waals surface area contributed by atoms with Crippen molar-refractivity contribution < 1.29 is 9.13 Å². The lowest BCUT2D eigenvalue weighted by atomic mass is 9.83. The Bertz CT molecular complexity index is 465. The second-order valence-corrected chi connectivity index (χ2v) is 6.37. The third-order valence-electron chi connectivity index (χ3n) is 4.41. The molecular formula is C15H22BrFN2O. The number of benzene rings is 1. The average molecular weight is 345 g/mol. The van der Waals surface area contributed by atoms with Crippen molar-refractivity contribution in [2.75, 3.05) is 26.3 Å².